The molecule has 1 unspecified atom stereocenters. The highest BCUT2D eigenvalue weighted by atomic mass is 19.1. The molecule has 20 heavy (non-hydrogen) atoms. The molecule has 0 aliphatic carbocycles. The molecule has 0 radical (unpaired) electrons. The monoisotopic (exact) mass is 274 g/mol. The van der Waals surface area contributed by atoms with Crippen molar-refractivity contribution in [2.45, 2.75) is 26.9 Å². The van der Waals surface area contributed by atoms with E-state index in [9.17, 15) is 9.50 Å². The molecule has 0 aliphatic rings. The lowest BCUT2D eigenvalue weighted by molar-refractivity contribution is 0.208. The van der Waals surface area contributed by atoms with Gasteiger partial charge >= 0.3 is 0 Å². The van der Waals surface area contributed by atoms with Gasteiger partial charge in [0.15, 0.2) is 0 Å². The second-order valence-electron chi connectivity index (χ2n) is 5.08. The van der Waals surface area contributed by atoms with Crippen LogP contribution >= 0.6 is 0 Å². The highest BCUT2D eigenvalue weighted by Gasteiger charge is 2.21. The molecule has 0 saturated heterocycles. The zero-order valence-electron chi connectivity index (χ0n) is 12.2. The minimum absolute atomic E-state index is 0.273. The first-order valence-electron chi connectivity index (χ1n) is 6.54. The molecule has 1 atom stereocenters. The number of hydrogen-bond donors (Lipinski definition) is 1. The maximum absolute atomic E-state index is 14.2. The fraction of sp³-hybridized carbons (Fsp3) is 0.294. The SMILES string of the molecule is COc1cc(C)cc(C)c1C(O)c1cccc(C)c1F. The van der Waals surface area contributed by atoms with Crippen molar-refractivity contribution < 1.29 is 14.2 Å². The van der Waals surface area contributed by atoms with Crippen molar-refractivity contribution in [3.8, 4) is 5.75 Å². The third kappa shape index (κ3) is 2.54. The molecule has 0 heterocycles. The third-order valence-electron chi connectivity index (χ3n) is 3.50. The van der Waals surface area contributed by atoms with Crippen LogP contribution in [0.4, 0.5) is 4.39 Å². The number of aliphatic hydroxyl groups is 1. The van der Waals surface area contributed by atoms with Gasteiger partial charge in [-0.15, -0.1) is 0 Å². The van der Waals surface area contributed by atoms with Crippen LogP contribution in [-0.4, -0.2) is 12.2 Å². The summed E-state index contributed by atoms with van der Waals surface area (Å²) in [6.45, 7) is 5.53. The minimum atomic E-state index is -1.04. The highest BCUT2D eigenvalue weighted by Crippen LogP contribution is 2.35. The van der Waals surface area contributed by atoms with Gasteiger partial charge in [0.05, 0.1) is 7.11 Å². The third-order valence-corrected chi connectivity index (χ3v) is 3.50. The maximum Gasteiger partial charge on any atom is 0.132 e. The van der Waals surface area contributed by atoms with Crippen LogP contribution in [0.25, 0.3) is 0 Å². The number of methoxy groups -OCH3 is 1. The van der Waals surface area contributed by atoms with Gasteiger partial charge in [-0.2, -0.15) is 0 Å². The number of hydrogen-bond acceptors (Lipinski definition) is 2. The predicted molar refractivity (Wildman–Crippen MR) is 77.7 cm³/mol. The second-order valence-corrected chi connectivity index (χ2v) is 5.08. The summed E-state index contributed by atoms with van der Waals surface area (Å²) in [7, 11) is 1.55. The maximum atomic E-state index is 14.2. The largest absolute Gasteiger partial charge is 0.496 e. The Morgan fingerprint density at radius 3 is 2.45 bits per heavy atom. The Labute approximate surface area is 118 Å². The summed E-state index contributed by atoms with van der Waals surface area (Å²) in [5.74, 6) is 0.206. The van der Waals surface area contributed by atoms with Crippen LogP contribution in [0.3, 0.4) is 0 Å². The van der Waals surface area contributed by atoms with Crippen LogP contribution in [0.1, 0.15) is 33.9 Å². The van der Waals surface area contributed by atoms with Crippen LogP contribution in [0.15, 0.2) is 30.3 Å². The van der Waals surface area contributed by atoms with Gasteiger partial charge in [-0.25, -0.2) is 4.39 Å². The van der Waals surface area contributed by atoms with Crippen molar-refractivity contribution in [3.63, 3.8) is 0 Å². The average molecular weight is 274 g/mol. The summed E-state index contributed by atoms with van der Waals surface area (Å²) in [6.07, 6.45) is -1.04. The number of ether oxygens (including phenoxy) is 1. The Morgan fingerprint density at radius 1 is 1.10 bits per heavy atom. The molecule has 1 N–H and O–H groups in total. The lowest BCUT2D eigenvalue weighted by Crippen LogP contribution is -2.08. The lowest BCUT2D eigenvalue weighted by atomic mass is 9.94. The summed E-state index contributed by atoms with van der Waals surface area (Å²) < 4.78 is 19.5. The van der Waals surface area contributed by atoms with Gasteiger partial charge in [0.2, 0.25) is 0 Å². The molecule has 3 heteroatoms. The van der Waals surface area contributed by atoms with Crippen molar-refractivity contribution in [2.24, 2.45) is 0 Å². The van der Waals surface area contributed by atoms with E-state index in [1.807, 2.05) is 26.0 Å². The molecule has 2 rings (SSSR count). The molecule has 0 fully saturated rings. The molecule has 0 amide bonds. The van der Waals surface area contributed by atoms with Crippen molar-refractivity contribution in [1.29, 1.82) is 0 Å². The van der Waals surface area contributed by atoms with Gasteiger partial charge < -0.3 is 9.84 Å². The molecule has 0 spiro atoms. The Kier molecular flexibility index (Phi) is 4.09. The number of benzene rings is 2. The normalized spacial score (nSPS) is 12.3. The summed E-state index contributed by atoms with van der Waals surface area (Å²) in [5, 5.41) is 10.6. The van der Waals surface area contributed by atoms with Gasteiger partial charge in [0.25, 0.3) is 0 Å². The number of aryl methyl sites for hydroxylation is 3. The summed E-state index contributed by atoms with van der Waals surface area (Å²) in [4.78, 5) is 0. The number of rotatable bonds is 3. The van der Waals surface area contributed by atoms with E-state index in [-0.39, 0.29) is 11.4 Å². The van der Waals surface area contributed by atoms with E-state index < -0.39 is 6.10 Å². The zero-order chi connectivity index (χ0) is 14.9. The molecule has 0 aliphatic heterocycles. The van der Waals surface area contributed by atoms with E-state index in [0.717, 1.165) is 11.1 Å². The van der Waals surface area contributed by atoms with Gasteiger partial charge in [0, 0.05) is 11.1 Å². The summed E-state index contributed by atoms with van der Waals surface area (Å²) in [5.41, 5.74) is 3.33. The van der Waals surface area contributed by atoms with E-state index >= 15 is 0 Å². The predicted octanol–water partition coefficient (Wildman–Crippen LogP) is 3.84. The minimum Gasteiger partial charge on any atom is -0.496 e. The van der Waals surface area contributed by atoms with Crippen molar-refractivity contribution in [3.05, 3.63) is 64.0 Å². The van der Waals surface area contributed by atoms with Gasteiger partial charge in [-0.3, -0.25) is 0 Å². The number of halogens is 1. The molecule has 2 aromatic rings. The Morgan fingerprint density at radius 2 is 1.80 bits per heavy atom. The summed E-state index contributed by atoms with van der Waals surface area (Å²) >= 11 is 0. The number of aliphatic hydroxyl groups excluding tert-OH is 1. The first-order chi connectivity index (χ1) is 9.45. The van der Waals surface area contributed by atoms with Gasteiger partial charge in [-0.1, -0.05) is 24.3 Å². The molecule has 2 aromatic carbocycles. The Hall–Kier alpha value is -1.87. The molecule has 2 nitrogen and oxygen atoms in total. The lowest BCUT2D eigenvalue weighted by Gasteiger charge is -2.19. The smallest absolute Gasteiger partial charge is 0.132 e. The van der Waals surface area contributed by atoms with Gasteiger partial charge in [0.1, 0.15) is 17.7 Å². The van der Waals surface area contributed by atoms with Crippen molar-refractivity contribution in [2.75, 3.05) is 7.11 Å². The van der Waals surface area contributed by atoms with E-state index in [4.69, 9.17) is 4.74 Å². The summed E-state index contributed by atoms with van der Waals surface area (Å²) in [6, 6.07) is 8.83. The molecule has 0 aromatic heterocycles. The van der Waals surface area contributed by atoms with E-state index in [2.05, 4.69) is 0 Å². The average Bonchev–Trinajstić information content (AvgIpc) is 2.40. The standard InChI is InChI=1S/C17H19FO2/c1-10-8-12(3)15(14(9-10)20-4)17(19)13-7-5-6-11(2)16(13)18/h5-9,17,19H,1-4H3. The van der Waals surface area contributed by atoms with Crippen LogP contribution in [0.2, 0.25) is 0 Å². The zero-order valence-corrected chi connectivity index (χ0v) is 12.2. The van der Waals surface area contributed by atoms with Crippen molar-refractivity contribution in [1.82, 2.24) is 0 Å². The first-order valence-corrected chi connectivity index (χ1v) is 6.54. The first kappa shape index (κ1) is 14.5. The van der Waals surface area contributed by atoms with Crippen molar-refractivity contribution >= 4 is 0 Å². The molecular formula is C17H19FO2. The van der Waals surface area contributed by atoms with Crippen LogP contribution < -0.4 is 4.74 Å². The molecule has 106 valence electrons. The molecule has 0 bridgehead atoms. The highest BCUT2D eigenvalue weighted by molar-refractivity contribution is 5.48. The van der Waals surface area contributed by atoms with E-state index in [0.29, 0.717) is 16.9 Å². The molecule has 0 saturated carbocycles. The second kappa shape index (κ2) is 5.63. The quantitative estimate of drug-likeness (QED) is 0.921. The van der Waals surface area contributed by atoms with E-state index in [1.165, 1.54) is 0 Å². The molecular weight excluding hydrogens is 255 g/mol. The topological polar surface area (TPSA) is 29.5 Å². The van der Waals surface area contributed by atoms with E-state index in [1.54, 1.807) is 32.2 Å². The van der Waals surface area contributed by atoms with Crippen LogP contribution in [0.5, 0.6) is 5.75 Å². The fourth-order valence-corrected chi connectivity index (χ4v) is 2.50. The Bertz CT molecular complexity index is 635. The Balaban J connectivity index is 2.59. The van der Waals surface area contributed by atoms with Gasteiger partial charge in [-0.05, 0) is 43.5 Å². The fourth-order valence-electron chi connectivity index (χ4n) is 2.50. The van der Waals surface area contributed by atoms with Crippen LogP contribution in [-0.2, 0) is 0 Å². The van der Waals surface area contributed by atoms with Crippen LogP contribution in [0, 0.1) is 26.6 Å².